The molecular formula is C24H24O4. The maximum atomic E-state index is 11.9. The fraction of sp³-hybridized carbons (Fsp3) is 0.250. The Labute approximate surface area is 165 Å². The molecule has 3 rings (SSSR count). The zero-order valence-electron chi connectivity index (χ0n) is 15.8. The first-order valence-electron chi connectivity index (χ1n) is 9.49. The summed E-state index contributed by atoms with van der Waals surface area (Å²) < 4.78 is 10.8. The lowest BCUT2D eigenvalue weighted by atomic mass is 9.92. The van der Waals surface area contributed by atoms with Gasteiger partial charge in [-0.25, -0.2) is 9.59 Å². The predicted octanol–water partition coefficient (Wildman–Crippen LogP) is 4.55. The van der Waals surface area contributed by atoms with Crippen LogP contribution in [0.2, 0.25) is 0 Å². The SMILES string of the molecule is O=C1C=C[C@@](C/C=C/C(=O)OCc2ccccc2)(CCCc2ccccc2)O1. The molecule has 0 unspecified atom stereocenters. The van der Waals surface area contributed by atoms with Crippen LogP contribution in [-0.4, -0.2) is 17.5 Å². The number of esters is 2. The van der Waals surface area contributed by atoms with Crippen molar-refractivity contribution >= 4 is 11.9 Å². The third-order valence-corrected chi connectivity index (χ3v) is 4.68. The van der Waals surface area contributed by atoms with Crippen LogP contribution in [0.25, 0.3) is 0 Å². The minimum Gasteiger partial charge on any atom is -0.458 e. The Hall–Kier alpha value is -3.14. The van der Waals surface area contributed by atoms with E-state index in [1.807, 2.05) is 48.5 Å². The smallest absolute Gasteiger partial charge is 0.331 e. The molecule has 0 bridgehead atoms. The molecule has 0 spiro atoms. The van der Waals surface area contributed by atoms with Gasteiger partial charge >= 0.3 is 11.9 Å². The van der Waals surface area contributed by atoms with Gasteiger partial charge in [-0.2, -0.15) is 0 Å². The average molecular weight is 376 g/mol. The topological polar surface area (TPSA) is 52.6 Å². The molecule has 1 aliphatic rings. The highest BCUT2D eigenvalue weighted by Crippen LogP contribution is 2.30. The second-order valence-electron chi connectivity index (χ2n) is 6.86. The van der Waals surface area contributed by atoms with E-state index in [4.69, 9.17) is 9.47 Å². The zero-order chi connectivity index (χ0) is 19.7. The monoisotopic (exact) mass is 376 g/mol. The van der Waals surface area contributed by atoms with Crippen molar-refractivity contribution < 1.29 is 19.1 Å². The quantitative estimate of drug-likeness (QED) is 0.476. The van der Waals surface area contributed by atoms with Crippen molar-refractivity contribution in [2.45, 2.75) is 37.9 Å². The van der Waals surface area contributed by atoms with E-state index in [9.17, 15) is 9.59 Å². The number of ether oxygens (including phenoxy) is 2. The van der Waals surface area contributed by atoms with Gasteiger partial charge in [0.05, 0.1) is 0 Å². The molecule has 28 heavy (non-hydrogen) atoms. The van der Waals surface area contributed by atoms with E-state index in [2.05, 4.69) is 12.1 Å². The van der Waals surface area contributed by atoms with Crippen molar-refractivity contribution in [3.63, 3.8) is 0 Å². The lowest BCUT2D eigenvalue weighted by Gasteiger charge is -2.25. The van der Waals surface area contributed by atoms with Crippen molar-refractivity contribution in [1.29, 1.82) is 0 Å². The summed E-state index contributed by atoms with van der Waals surface area (Å²) in [4.78, 5) is 23.5. The summed E-state index contributed by atoms with van der Waals surface area (Å²) in [6.45, 7) is 0.237. The number of rotatable bonds is 9. The number of carbonyl (C=O) groups is 2. The van der Waals surface area contributed by atoms with Crippen LogP contribution in [0.4, 0.5) is 0 Å². The van der Waals surface area contributed by atoms with Gasteiger partial charge in [0.2, 0.25) is 0 Å². The number of hydrogen-bond donors (Lipinski definition) is 0. The first-order valence-corrected chi connectivity index (χ1v) is 9.49. The molecule has 1 atom stereocenters. The molecular weight excluding hydrogens is 352 g/mol. The Morgan fingerprint density at radius 2 is 1.68 bits per heavy atom. The average Bonchev–Trinajstić information content (AvgIpc) is 3.09. The summed E-state index contributed by atoms with van der Waals surface area (Å²) in [5.74, 6) is -0.739. The molecule has 0 saturated heterocycles. The van der Waals surface area contributed by atoms with Gasteiger partial charge in [0.25, 0.3) is 0 Å². The molecule has 4 nitrogen and oxygen atoms in total. The molecule has 1 heterocycles. The van der Waals surface area contributed by atoms with Crippen molar-refractivity contribution in [1.82, 2.24) is 0 Å². The number of cyclic esters (lactones) is 1. The Morgan fingerprint density at radius 3 is 2.32 bits per heavy atom. The van der Waals surface area contributed by atoms with Gasteiger partial charge in [0.15, 0.2) is 0 Å². The van der Waals surface area contributed by atoms with Crippen LogP contribution in [0.5, 0.6) is 0 Å². The van der Waals surface area contributed by atoms with Crippen molar-refractivity contribution in [2.24, 2.45) is 0 Å². The predicted molar refractivity (Wildman–Crippen MR) is 107 cm³/mol. The van der Waals surface area contributed by atoms with Gasteiger partial charge in [0.1, 0.15) is 12.2 Å². The van der Waals surface area contributed by atoms with E-state index in [0.717, 1.165) is 18.4 Å². The summed E-state index contributed by atoms with van der Waals surface area (Å²) >= 11 is 0. The lowest BCUT2D eigenvalue weighted by Crippen LogP contribution is -2.28. The highest BCUT2D eigenvalue weighted by Gasteiger charge is 2.34. The van der Waals surface area contributed by atoms with Gasteiger partial charge in [-0.15, -0.1) is 0 Å². The van der Waals surface area contributed by atoms with E-state index >= 15 is 0 Å². The molecule has 4 heteroatoms. The maximum absolute atomic E-state index is 11.9. The largest absolute Gasteiger partial charge is 0.458 e. The Kier molecular flexibility index (Phi) is 6.79. The highest BCUT2D eigenvalue weighted by atomic mass is 16.6. The number of carbonyl (C=O) groups excluding carboxylic acids is 2. The molecule has 0 radical (unpaired) electrons. The molecule has 0 aliphatic carbocycles. The Bertz CT molecular complexity index is 839. The molecule has 0 saturated carbocycles. The van der Waals surface area contributed by atoms with Crippen LogP contribution in [0.15, 0.2) is 85.0 Å². The Morgan fingerprint density at radius 1 is 1.00 bits per heavy atom. The highest BCUT2D eigenvalue weighted by molar-refractivity contribution is 5.85. The zero-order valence-corrected chi connectivity index (χ0v) is 15.8. The molecule has 1 aliphatic heterocycles. The fourth-order valence-electron chi connectivity index (χ4n) is 3.20. The standard InChI is InChI=1S/C24H24O4/c25-22(27-19-21-11-5-2-6-12-21)14-8-17-24(18-15-23(26)28-24)16-7-13-20-9-3-1-4-10-20/h1-6,8-12,14-15,18H,7,13,16-17,19H2/b14-8+/t24-/m0/s1. The van der Waals surface area contributed by atoms with Crippen molar-refractivity contribution in [3.05, 3.63) is 96.1 Å². The summed E-state index contributed by atoms with van der Waals surface area (Å²) in [5.41, 5.74) is 1.52. The third-order valence-electron chi connectivity index (χ3n) is 4.68. The van der Waals surface area contributed by atoms with Crippen LogP contribution in [0.1, 0.15) is 30.4 Å². The molecule has 0 aromatic heterocycles. The molecule has 2 aromatic carbocycles. The molecule has 144 valence electrons. The van der Waals surface area contributed by atoms with Gasteiger partial charge < -0.3 is 9.47 Å². The van der Waals surface area contributed by atoms with E-state index < -0.39 is 11.6 Å². The normalized spacial score (nSPS) is 18.4. The summed E-state index contributed by atoms with van der Waals surface area (Å²) in [5, 5.41) is 0. The number of aryl methyl sites for hydroxylation is 1. The van der Waals surface area contributed by atoms with E-state index in [1.54, 1.807) is 12.2 Å². The summed E-state index contributed by atoms with van der Waals surface area (Å²) in [6.07, 6.45) is 9.34. The van der Waals surface area contributed by atoms with Gasteiger partial charge in [0, 0.05) is 18.6 Å². The second-order valence-corrected chi connectivity index (χ2v) is 6.86. The van der Waals surface area contributed by atoms with Crippen LogP contribution in [0.3, 0.4) is 0 Å². The van der Waals surface area contributed by atoms with Crippen molar-refractivity contribution in [2.75, 3.05) is 0 Å². The second kappa shape index (κ2) is 9.70. The Balaban J connectivity index is 1.49. The first kappa shape index (κ1) is 19.6. The maximum Gasteiger partial charge on any atom is 0.331 e. The van der Waals surface area contributed by atoms with Crippen LogP contribution >= 0.6 is 0 Å². The number of benzene rings is 2. The molecule has 0 N–H and O–H groups in total. The van der Waals surface area contributed by atoms with Crippen LogP contribution in [0, 0.1) is 0 Å². The summed E-state index contributed by atoms with van der Waals surface area (Å²) in [7, 11) is 0. The summed E-state index contributed by atoms with van der Waals surface area (Å²) in [6, 6.07) is 19.7. The number of hydrogen-bond acceptors (Lipinski definition) is 4. The van der Waals surface area contributed by atoms with E-state index in [-0.39, 0.29) is 12.6 Å². The molecule has 2 aromatic rings. The van der Waals surface area contributed by atoms with Crippen molar-refractivity contribution in [3.8, 4) is 0 Å². The van der Waals surface area contributed by atoms with Gasteiger partial charge in [-0.3, -0.25) is 0 Å². The van der Waals surface area contributed by atoms with E-state index in [0.29, 0.717) is 12.8 Å². The third kappa shape index (κ3) is 5.95. The van der Waals surface area contributed by atoms with Gasteiger partial charge in [-0.05, 0) is 36.5 Å². The van der Waals surface area contributed by atoms with Gasteiger partial charge in [-0.1, -0.05) is 66.7 Å². The fourth-order valence-corrected chi connectivity index (χ4v) is 3.20. The minimum atomic E-state index is -0.678. The first-order chi connectivity index (χ1) is 13.7. The molecule has 0 fully saturated rings. The van der Waals surface area contributed by atoms with E-state index in [1.165, 1.54) is 17.7 Å². The lowest BCUT2D eigenvalue weighted by molar-refractivity contribution is -0.145. The minimum absolute atomic E-state index is 0.237. The van der Waals surface area contributed by atoms with Crippen LogP contribution in [-0.2, 0) is 32.1 Å². The van der Waals surface area contributed by atoms with Crippen LogP contribution < -0.4 is 0 Å². The molecule has 0 amide bonds.